The van der Waals surface area contributed by atoms with E-state index in [0.29, 0.717) is 0 Å². The Hall–Kier alpha value is -2.32. The van der Waals surface area contributed by atoms with Crippen molar-refractivity contribution in [1.29, 1.82) is 0 Å². The summed E-state index contributed by atoms with van der Waals surface area (Å²) in [7, 11) is 0. The quantitative estimate of drug-likeness (QED) is 0.708. The minimum Gasteiger partial charge on any atom is -0.353 e. The minimum atomic E-state index is 0.748. The molecular formula is C16H16N6S2. The molecule has 1 fully saturated rings. The first-order chi connectivity index (χ1) is 11.8. The first-order valence-corrected chi connectivity index (χ1v) is 8.88. The van der Waals surface area contributed by atoms with Crippen molar-refractivity contribution < 1.29 is 0 Å². The van der Waals surface area contributed by atoms with Crippen LogP contribution in [0.25, 0.3) is 11.0 Å². The van der Waals surface area contributed by atoms with Crippen molar-refractivity contribution in [3.63, 3.8) is 0 Å². The summed E-state index contributed by atoms with van der Waals surface area (Å²) in [5.74, 6) is 1.03. The summed E-state index contributed by atoms with van der Waals surface area (Å²) in [6.45, 7) is 3.58. The number of aromatic nitrogens is 3. The number of anilines is 2. The summed E-state index contributed by atoms with van der Waals surface area (Å²) in [6.07, 6.45) is 1.83. The summed E-state index contributed by atoms with van der Waals surface area (Å²) < 4.78 is 8.48. The molecule has 1 aliphatic heterocycles. The standard InChI is InChI=1S/C16H16N6S2/c23-16(18-12-4-5-13-14(11-12)20-24-19-13)22-9-7-21(8-10-22)15-3-1-2-6-17-15/h1-6,11H,7-10H2,(H,18,23). The fourth-order valence-electron chi connectivity index (χ4n) is 2.74. The van der Waals surface area contributed by atoms with Crippen molar-refractivity contribution >= 4 is 51.6 Å². The lowest BCUT2D eigenvalue weighted by molar-refractivity contribution is 0.389. The molecule has 1 saturated heterocycles. The van der Waals surface area contributed by atoms with Gasteiger partial charge in [0.15, 0.2) is 5.11 Å². The molecule has 0 saturated carbocycles. The highest BCUT2D eigenvalue weighted by molar-refractivity contribution is 7.80. The highest BCUT2D eigenvalue weighted by Gasteiger charge is 2.19. The van der Waals surface area contributed by atoms with Crippen molar-refractivity contribution in [3.8, 4) is 0 Å². The van der Waals surface area contributed by atoms with E-state index < -0.39 is 0 Å². The van der Waals surface area contributed by atoms with E-state index in [1.807, 2.05) is 42.6 Å². The smallest absolute Gasteiger partial charge is 0.173 e. The topological polar surface area (TPSA) is 57.2 Å². The van der Waals surface area contributed by atoms with Crippen LogP contribution in [0, 0.1) is 0 Å². The van der Waals surface area contributed by atoms with Crippen LogP contribution in [0.4, 0.5) is 11.5 Å². The second-order valence-corrected chi connectivity index (χ2v) is 6.48. The van der Waals surface area contributed by atoms with Gasteiger partial charge in [0.2, 0.25) is 0 Å². The fraction of sp³-hybridized carbons (Fsp3) is 0.250. The number of fused-ring (bicyclic) bond motifs is 1. The molecule has 1 aromatic carbocycles. The Morgan fingerprint density at radius 1 is 1.04 bits per heavy atom. The van der Waals surface area contributed by atoms with Gasteiger partial charge in [-0.15, -0.1) is 0 Å². The molecule has 1 N–H and O–H groups in total. The van der Waals surface area contributed by atoms with Crippen molar-refractivity contribution in [2.45, 2.75) is 0 Å². The van der Waals surface area contributed by atoms with Crippen LogP contribution in [0.2, 0.25) is 0 Å². The minimum absolute atomic E-state index is 0.748. The number of benzene rings is 1. The molecule has 3 heterocycles. The zero-order valence-electron chi connectivity index (χ0n) is 12.9. The Morgan fingerprint density at radius 3 is 2.67 bits per heavy atom. The summed E-state index contributed by atoms with van der Waals surface area (Å²) in [5, 5.41) is 4.06. The molecule has 1 aliphatic rings. The first kappa shape index (κ1) is 15.2. The summed E-state index contributed by atoms with van der Waals surface area (Å²) in [5.41, 5.74) is 2.76. The number of piperazine rings is 1. The third-order valence-electron chi connectivity index (χ3n) is 4.05. The molecule has 6 nitrogen and oxygen atoms in total. The zero-order valence-corrected chi connectivity index (χ0v) is 14.6. The van der Waals surface area contributed by atoms with Crippen molar-refractivity contribution in [3.05, 3.63) is 42.6 Å². The van der Waals surface area contributed by atoms with Gasteiger partial charge in [0.1, 0.15) is 16.9 Å². The van der Waals surface area contributed by atoms with Gasteiger partial charge in [-0.1, -0.05) is 6.07 Å². The van der Waals surface area contributed by atoms with E-state index in [2.05, 4.69) is 28.8 Å². The van der Waals surface area contributed by atoms with Crippen LogP contribution in [-0.4, -0.2) is 49.9 Å². The molecule has 0 unspecified atom stereocenters. The van der Waals surface area contributed by atoms with Gasteiger partial charge in [-0.2, -0.15) is 8.75 Å². The number of rotatable bonds is 2. The number of hydrogen-bond donors (Lipinski definition) is 1. The molecule has 0 spiro atoms. The first-order valence-electron chi connectivity index (χ1n) is 7.74. The van der Waals surface area contributed by atoms with E-state index in [4.69, 9.17) is 12.2 Å². The highest BCUT2D eigenvalue weighted by atomic mass is 32.1. The Bertz CT molecular complexity index is 842. The molecule has 0 aliphatic carbocycles. The van der Waals surface area contributed by atoms with E-state index in [1.54, 1.807) is 0 Å². The van der Waals surface area contributed by atoms with Gasteiger partial charge in [-0.3, -0.25) is 0 Å². The van der Waals surface area contributed by atoms with Crippen LogP contribution < -0.4 is 10.2 Å². The molecule has 4 rings (SSSR count). The second kappa shape index (κ2) is 6.66. The normalized spacial score (nSPS) is 14.8. The Morgan fingerprint density at radius 2 is 1.88 bits per heavy atom. The number of nitrogens with zero attached hydrogens (tertiary/aromatic N) is 5. The van der Waals surface area contributed by atoms with Gasteiger partial charge in [-0.25, -0.2) is 4.98 Å². The Labute approximate surface area is 149 Å². The monoisotopic (exact) mass is 356 g/mol. The Kier molecular flexibility index (Phi) is 4.22. The summed E-state index contributed by atoms with van der Waals surface area (Å²) in [4.78, 5) is 8.89. The molecule has 0 bridgehead atoms. The van der Waals surface area contributed by atoms with Crippen LogP contribution in [0.1, 0.15) is 0 Å². The summed E-state index contributed by atoms with van der Waals surface area (Å²) >= 11 is 6.78. The molecule has 8 heteroatoms. The lowest BCUT2D eigenvalue weighted by atomic mass is 10.2. The molecule has 3 aromatic rings. The second-order valence-electron chi connectivity index (χ2n) is 5.56. The summed E-state index contributed by atoms with van der Waals surface area (Å²) in [6, 6.07) is 11.9. The van der Waals surface area contributed by atoms with E-state index >= 15 is 0 Å². The van der Waals surface area contributed by atoms with Crippen LogP contribution in [0.5, 0.6) is 0 Å². The van der Waals surface area contributed by atoms with Gasteiger partial charge in [-0.05, 0) is 42.5 Å². The maximum absolute atomic E-state index is 5.56. The number of nitrogens with one attached hydrogen (secondary N) is 1. The van der Waals surface area contributed by atoms with Crippen molar-refractivity contribution in [2.24, 2.45) is 0 Å². The molecular weight excluding hydrogens is 340 g/mol. The maximum Gasteiger partial charge on any atom is 0.173 e. The third kappa shape index (κ3) is 3.15. The lowest BCUT2D eigenvalue weighted by Gasteiger charge is -2.36. The Balaban J connectivity index is 1.37. The fourth-order valence-corrected chi connectivity index (χ4v) is 3.56. The van der Waals surface area contributed by atoms with E-state index in [0.717, 1.165) is 53.8 Å². The van der Waals surface area contributed by atoms with Gasteiger partial charge >= 0.3 is 0 Å². The van der Waals surface area contributed by atoms with Gasteiger partial charge < -0.3 is 15.1 Å². The van der Waals surface area contributed by atoms with E-state index in [1.165, 1.54) is 11.7 Å². The average molecular weight is 356 g/mol. The predicted molar refractivity (Wildman–Crippen MR) is 102 cm³/mol. The molecule has 24 heavy (non-hydrogen) atoms. The van der Waals surface area contributed by atoms with Gasteiger partial charge in [0.05, 0.1) is 11.7 Å². The van der Waals surface area contributed by atoms with E-state index in [-0.39, 0.29) is 0 Å². The zero-order chi connectivity index (χ0) is 16.4. The molecule has 0 atom stereocenters. The predicted octanol–water partition coefficient (Wildman–Crippen LogP) is 2.61. The number of thiocarbonyl (C=S) groups is 1. The number of pyridine rings is 1. The van der Waals surface area contributed by atoms with Gasteiger partial charge in [0, 0.05) is 38.1 Å². The highest BCUT2D eigenvalue weighted by Crippen LogP contribution is 2.18. The molecule has 2 aromatic heterocycles. The molecule has 0 radical (unpaired) electrons. The largest absolute Gasteiger partial charge is 0.353 e. The van der Waals surface area contributed by atoms with Crippen LogP contribution in [0.15, 0.2) is 42.6 Å². The van der Waals surface area contributed by atoms with Crippen LogP contribution in [0.3, 0.4) is 0 Å². The molecule has 122 valence electrons. The van der Waals surface area contributed by atoms with Crippen LogP contribution >= 0.6 is 23.9 Å². The molecule has 0 amide bonds. The van der Waals surface area contributed by atoms with Crippen molar-refractivity contribution in [1.82, 2.24) is 18.6 Å². The number of hydrogen-bond acceptors (Lipinski definition) is 6. The van der Waals surface area contributed by atoms with Gasteiger partial charge in [0.25, 0.3) is 0 Å². The van der Waals surface area contributed by atoms with Crippen LogP contribution in [-0.2, 0) is 0 Å². The third-order valence-corrected chi connectivity index (χ3v) is 4.96. The maximum atomic E-state index is 5.56. The average Bonchev–Trinajstić information content (AvgIpc) is 3.10. The van der Waals surface area contributed by atoms with E-state index in [9.17, 15) is 0 Å². The SMILES string of the molecule is S=C(Nc1ccc2nsnc2c1)N1CCN(c2ccccn2)CC1. The lowest BCUT2D eigenvalue weighted by Crippen LogP contribution is -2.50. The van der Waals surface area contributed by atoms with Crippen molar-refractivity contribution in [2.75, 3.05) is 36.4 Å².